The molecule has 0 aliphatic carbocycles. The van der Waals surface area contributed by atoms with Crippen LogP contribution >= 0.6 is 0 Å². The first kappa shape index (κ1) is 21.2. The lowest BCUT2D eigenvalue weighted by Crippen LogP contribution is -2.31. The number of fused-ring (bicyclic) bond motifs is 2. The lowest BCUT2D eigenvalue weighted by atomic mass is 10.1. The average molecular weight is 449 g/mol. The minimum atomic E-state index is -0.355. The van der Waals surface area contributed by atoms with Crippen LogP contribution in [0.4, 0.5) is 0 Å². The summed E-state index contributed by atoms with van der Waals surface area (Å²) in [6, 6.07) is 13.2. The maximum Gasteiger partial charge on any atom is 0.323 e. The summed E-state index contributed by atoms with van der Waals surface area (Å²) in [7, 11) is 1.39. The minimum absolute atomic E-state index is 0.150. The minimum Gasteiger partial charge on any atom is -0.487 e. The van der Waals surface area contributed by atoms with Crippen LogP contribution in [0.5, 0.6) is 11.5 Å². The number of pyridine rings is 2. The zero-order chi connectivity index (χ0) is 22.8. The summed E-state index contributed by atoms with van der Waals surface area (Å²) in [5, 5.41) is 11.3. The molecule has 3 aromatic heterocycles. The van der Waals surface area contributed by atoms with Crippen LogP contribution in [-0.4, -0.2) is 64.5 Å². The Morgan fingerprint density at radius 1 is 1.27 bits per heavy atom. The van der Waals surface area contributed by atoms with Crippen LogP contribution in [0.2, 0.25) is 0 Å². The second kappa shape index (κ2) is 9.05. The van der Waals surface area contributed by atoms with Crippen LogP contribution in [0.25, 0.3) is 27.9 Å². The van der Waals surface area contributed by atoms with E-state index in [0.717, 1.165) is 27.9 Å². The van der Waals surface area contributed by atoms with E-state index in [4.69, 9.17) is 24.3 Å². The number of benzene rings is 1. The van der Waals surface area contributed by atoms with Crippen LogP contribution in [0.1, 0.15) is 6.42 Å². The number of carbonyl (C=O) groups is 1. The van der Waals surface area contributed by atoms with Crippen molar-refractivity contribution < 1.29 is 24.1 Å². The van der Waals surface area contributed by atoms with E-state index in [9.17, 15) is 4.79 Å². The number of nitrogens with one attached hydrogen (secondary N) is 1. The second-order valence-electron chi connectivity index (χ2n) is 7.82. The molecule has 5 rings (SSSR count). The lowest BCUT2D eigenvalue weighted by Gasteiger charge is -2.15. The molecule has 1 aliphatic heterocycles. The number of aromatic nitrogens is 3. The number of carbonyl (C=O) groups excluding carboxylic acids is 1. The molecule has 0 unspecified atom stereocenters. The molecule has 1 aliphatic rings. The quantitative estimate of drug-likeness (QED) is 0.339. The summed E-state index contributed by atoms with van der Waals surface area (Å²) in [5.41, 5.74) is 3.11. The Hall–Kier alpha value is -3.69. The number of rotatable bonds is 7. The smallest absolute Gasteiger partial charge is 0.323 e. The highest BCUT2D eigenvalue weighted by Crippen LogP contribution is 2.30. The van der Waals surface area contributed by atoms with Gasteiger partial charge in [-0.15, -0.1) is 0 Å². The Balaban J connectivity index is 1.44. The van der Waals surface area contributed by atoms with Crippen molar-refractivity contribution in [2.24, 2.45) is 0 Å². The zero-order valence-corrected chi connectivity index (χ0v) is 18.2. The van der Waals surface area contributed by atoms with Crippen LogP contribution in [0.15, 0.2) is 54.9 Å². The zero-order valence-electron chi connectivity index (χ0n) is 18.2. The van der Waals surface area contributed by atoms with Crippen molar-refractivity contribution >= 4 is 22.5 Å². The first-order valence-corrected chi connectivity index (χ1v) is 10.8. The van der Waals surface area contributed by atoms with Crippen molar-refractivity contribution in [2.45, 2.75) is 18.6 Å². The molecule has 33 heavy (non-hydrogen) atoms. The van der Waals surface area contributed by atoms with Gasteiger partial charge in [0, 0.05) is 30.6 Å². The fourth-order valence-electron chi connectivity index (χ4n) is 4.06. The second-order valence-corrected chi connectivity index (χ2v) is 7.82. The lowest BCUT2D eigenvalue weighted by molar-refractivity contribution is -0.142. The molecule has 9 nitrogen and oxygen atoms in total. The molecule has 4 heterocycles. The van der Waals surface area contributed by atoms with Crippen molar-refractivity contribution in [1.29, 1.82) is 0 Å². The maximum absolute atomic E-state index is 11.8. The van der Waals surface area contributed by atoms with Crippen molar-refractivity contribution in [1.82, 2.24) is 19.7 Å². The van der Waals surface area contributed by atoms with Gasteiger partial charge in [-0.2, -0.15) is 0 Å². The van der Waals surface area contributed by atoms with E-state index in [-0.39, 0.29) is 24.7 Å². The summed E-state index contributed by atoms with van der Waals surface area (Å²) < 4.78 is 18.6. The molecule has 0 amide bonds. The van der Waals surface area contributed by atoms with Gasteiger partial charge in [-0.25, -0.2) is 9.97 Å². The first-order valence-electron chi connectivity index (χ1n) is 10.8. The van der Waals surface area contributed by atoms with E-state index in [2.05, 4.69) is 10.3 Å². The summed E-state index contributed by atoms with van der Waals surface area (Å²) in [4.78, 5) is 21.2. The van der Waals surface area contributed by atoms with Crippen LogP contribution < -0.4 is 14.8 Å². The number of ether oxygens (including phenoxy) is 3. The van der Waals surface area contributed by atoms with Gasteiger partial charge in [0.1, 0.15) is 34.8 Å². The number of nitrogens with zero attached hydrogens (tertiary/aromatic N) is 3. The first-order chi connectivity index (χ1) is 16.2. The van der Waals surface area contributed by atoms with Crippen molar-refractivity contribution in [2.75, 3.05) is 26.9 Å². The summed E-state index contributed by atoms with van der Waals surface area (Å²) in [5.74, 6) is 1.08. The highest BCUT2D eigenvalue weighted by atomic mass is 16.5. The van der Waals surface area contributed by atoms with E-state index in [1.54, 1.807) is 6.20 Å². The monoisotopic (exact) mass is 449 g/mol. The Kier molecular flexibility index (Phi) is 5.80. The number of hydrogen-bond acceptors (Lipinski definition) is 7. The molecular formula is C24H25N4O5+. The maximum atomic E-state index is 11.8. The van der Waals surface area contributed by atoms with E-state index in [0.29, 0.717) is 31.1 Å². The molecule has 0 saturated carbocycles. The third-order valence-electron chi connectivity index (χ3n) is 5.67. The van der Waals surface area contributed by atoms with Gasteiger partial charge in [-0.3, -0.25) is 9.20 Å². The van der Waals surface area contributed by atoms with E-state index >= 15 is 0 Å². The normalized spacial score (nSPS) is 18.0. The summed E-state index contributed by atoms with van der Waals surface area (Å²) in [6.45, 7) is 1.11. The Labute approximate surface area is 189 Å². The van der Waals surface area contributed by atoms with Gasteiger partial charge in [0.25, 0.3) is 0 Å². The van der Waals surface area contributed by atoms with Gasteiger partial charge in [-0.05, 0) is 18.2 Å². The fourth-order valence-corrected chi connectivity index (χ4v) is 4.06. The molecule has 3 N–H and O–H groups in total. The van der Waals surface area contributed by atoms with Crippen molar-refractivity contribution in [3.63, 3.8) is 0 Å². The van der Waals surface area contributed by atoms with E-state index in [1.807, 2.05) is 53.1 Å². The predicted molar refractivity (Wildman–Crippen MR) is 123 cm³/mol. The third-order valence-corrected chi connectivity index (χ3v) is 5.67. The fraction of sp³-hybridized carbons (Fsp3) is 0.292. The van der Waals surface area contributed by atoms with Crippen molar-refractivity contribution in [3.8, 4) is 22.9 Å². The molecule has 170 valence electrons. The number of esters is 1. The molecule has 4 aromatic rings. The van der Waals surface area contributed by atoms with E-state index < -0.39 is 0 Å². The molecular weight excluding hydrogens is 424 g/mol. The molecule has 2 atom stereocenters. The van der Waals surface area contributed by atoms with Gasteiger partial charge in [-0.1, -0.05) is 18.2 Å². The molecule has 0 spiro atoms. The molecule has 0 bridgehead atoms. The highest BCUT2D eigenvalue weighted by molar-refractivity contribution is 5.86. The molecule has 1 aromatic carbocycles. The van der Waals surface area contributed by atoms with Gasteiger partial charge in [0.2, 0.25) is 0 Å². The predicted octanol–water partition coefficient (Wildman–Crippen LogP) is 1.94. The van der Waals surface area contributed by atoms with Crippen LogP contribution in [0.3, 0.4) is 0 Å². The average Bonchev–Trinajstić information content (AvgIpc) is 3.49. The largest absolute Gasteiger partial charge is 0.487 e. The number of hydrogen-bond donors (Lipinski definition) is 1. The number of methoxy groups -OCH3 is 1. The third kappa shape index (κ3) is 4.20. The van der Waals surface area contributed by atoms with E-state index in [1.165, 1.54) is 7.11 Å². The number of para-hydroxylation sites is 1. The van der Waals surface area contributed by atoms with Gasteiger partial charge in [0.15, 0.2) is 13.2 Å². The summed E-state index contributed by atoms with van der Waals surface area (Å²) in [6.07, 6.45) is 4.06. The van der Waals surface area contributed by atoms with Gasteiger partial charge >= 0.3 is 5.97 Å². The van der Waals surface area contributed by atoms with Crippen molar-refractivity contribution in [3.05, 3.63) is 54.9 Å². The van der Waals surface area contributed by atoms with Gasteiger partial charge in [0.05, 0.1) is 24.7 Å². The Morgan fingerprint density at radius 3 is 3.03 bits per heavy atom. The Morgan fingerprint density at radius 2 is 2.18 bits per heavy atom. The molecule has 1 fully saturated rings. The molecule has 1 saturated heterocycles. The standard InChI is InChI=1S/C24H24N4O5/c1-31-24(30)19-11-17(13-25-19)33-21-4-2-3-15-5-6-18(27-23(15)21)20-14-26-22-12-16(32-10-9-29)7-8-28(20)22/h2-8,12,14,17,19,25,29H,9-11,13H2,1H3/p+1/t17-,19-/m0/s1. The van der Waals surface area contributed by atoms with Crippen LogP contribution in [0, 0.1) is 0 Å². The number of imidazole rings is 1. The van der Waals surface area contributed by atoms with Gasteiger partial charge < -0.3 is 24.6 Å². The molecule has 0 radical (unpaired) electrons. The topological polar surface area (TPSA) is 110 Å². The van der Waals surface area contributed by atoms with Crippen LogP contribution in [-0.2, 0) is 9.53 Å². The highest BCUT2D eigenvalue weighted by Gasteiger charge is 2.31. The SMILES string of the molecule is COC(=O)[C@@H]1C[C@H](Oc2cccc3ccc(-c4cnc5cc(OCC[OH2+])ccn45)nc23)CN1. The Bertz CT molecular complexity index is 1300. The molecule has 9 heteroatoms. The summed E-state index contributed by atoms with van der Waals surface area (Å²) >= 11 is 0.